The Labute approximate surface area is 135 Å². The maximum absolute atomic E-state index is 12.2. The first kappa shape index (κ1) is 16.6. The van der Waals surface area contributed by atoms with Gasteiger partial charge in [0.1, 0.15) is 0 Å². The van der Waals surface area contributed by atoms with Crippen molar-refractivity contribution in [1.29, 1.82) is 0 Å². The molecule has 4 nitrogen and oxygen atoms in total. The highest BCUT2D eigenvalue weighted by Gasteiger charge is 2.23. The summed E-state index contributed by atoms with van der Waals surface area (Å²) >= 11 is 3.26. The average Bonchev–Trinajstić information content (AvgIpc) is 2.82. The fourth-order valence-corrected chi connectivity index (χ4v) is 3.41. The van der Waals surface area contributed by atoms with Crippen LogP contribution in [-0.4, -0.2) is 36.5 Å². The van der Waals surface area contributed by atoms with Gasteiger partial charge in [0.25, 0.3) is 5.91 Å². The molecule has 0 aliphatic carbocycles. The van der Waals surface area contributed by atoms with Crippen LogP contribution in [0.15, 0.2) is 15.2 Å². The number of piperidine rings is 1. The third kappa shape index (κ3) is 4.58. The minimum atomic E-state index is -0.112. The first-order chi connectivity index (χ1) is 10.1. The van der Waals surface area contributed by atoms with Gasteiger partial charge in [0.05, 0.1) is 0 Å². The van der Waals surface area contributed by atoms with Crippen LogP contribution in [0.1, 0.15) is 55.1 Å². The largest absolute Gasteiger partial charge is 0.444 e. The third-order valence-corrected chi connectivity index (χ3v) is 4.53. The Bertz CT molecular complexity index is 473. The molecule has 1 aliphatic heterocycles. The van der Waals surface area contributed by atoms with Crippen LogP contribution in [-0.2, 0) is 0 Å². The third-order valence-electron chi connectivity index (χ3n) is 4.14. The smallest absolute Gasteiger partial charge is 0.287 e. The van der Waals surface area contributed by atoms with E-state index in [1.54, 1.807) is 0 Å². The molecule has 1 saturated heterocycles. The first-order valence-corrected chi connectivity index (χ1v) is 8.69. The minimum absolute atomic E-state index is 0.112. The van der Waals surface area contributed by atoms with Crippen molar-refractivity contribution in [3.8, 4) is 0 Å². The number of carbonyl (C=O) groups excluding carboxylic acids is 1. The van der Waals surface area contributed by atoms with E-state index in [4.69, 9.17) is 4.42 Å². The van der Waals surface area contributed by atoms with E-state index in [1.165, 1.54) is 32.1 Å². The summed E-state index contributed by atoms with van der Waals surface area (Å²) in [6.45, 7) is 7.12. The van der Waals surface area contributed by atoms with Gasteiger partial charge in [0.2, 0.25) is 0 Å². The van der Waals surface area contributed by atoms with Crippen molar-refractivity contribution in [3.63, 3.8) is 0 Å². The zero-order valence-corrected chi connectivity index (χ0v) is 14.5. The molecule has 1 aromatic rings. The highest BCUT2D eigenvalue weighted by Crippen LogP contribution is 2.20. The molecular formula is C16H25BrN2O2. The number of carbonyl (C=O) groups is 1. The van der Waals surface area contributed by atoms with E-state index in [9.17, 15) is 4.79 Å². The summed E-state index contributed by atoms with van der Waals surface area (Å²) < 4.78 is 6.00. The summed E-state index contributed by atoms with van der Waals surface area (Å²) in [5.74, 6) is 0.303. The molecule has 0 saturated carbocycles. The fraction of sp³-hybridized carbons (Fsp3) is 0.688. The molecule has 2 heterocycles. The predicted octanol–water partition coefficient (Wildman–Crippen LogP) is 3.73. The van der Waals surface area contributed by atoms with Crippen molar-refractivity contribution < 1.29 is 9.21 Å². The number of amides is 1. The average molecular weight is 357 g/mol. The number of furan rings is 1. The number of halogens is 1. The van der Waals surface area contributed by atoms with Crippen molar-refractivity contribution in [3.05, 3.63) is 22.1 Å². The molecular weight excluding hydrogens is 332 g/mol. The van der Waals surface area contributed by atoms with Crippen LogP contribution in [0.2, 0.25) is 0 Å². The summed E-state index contributed by atoms with van der Waals surface area (Å²) in [4.78, 5) is 14.7. The molecule has 2 rings (SSSR count). The van der Waals surface area contributed by atoms with Gasteiger partial charge in [-0.15, -0.1) is 0 Å². The van der Waals surface area contributed by atoms with Crippen LogP contribution in [0.3, 0.4) is 0 Å². The maximum Gasteiger partial charge on any atom is 0.287 e. The lowest BCUT2D eigenvalue weighted by Crippen LogP contribution is -2.47. The number of hydrogen-bond acceptors (Lipinski definition) is 3. The lowest BCUT2D eigenvalue weighted by atomic mass is 10.0. The molecule has 1 N–H and O–H groups in total. The van der Waals surface area contributed by atoms with E-state index < -0.39 is 0 Å². The number of rotatable bonds is 6. The van der Waals surface area contributed by atoms with Gasteiger partial charge in [-0.25, -0.2) is 0 Å². The molecule has 21 heavy (non-hydrogen) atoms. The van der Waals surface area contributed by atoms with Gasteiger partial charge in [-0.3, -0.25) is 9.69 Å². The molecule has 0 spiro atoms. The maximum atomic E-state index is 12.2. The van der Waals surface area contributed by atoms with Crippen molar-refractivity contribution in [2.45, 2.75) is 52.0 Å². The molecule has 5 heteroatoms. The number of aryl methyl sites for hydroxylation is 1. The van der Waals surface area contributed by atoms with Gasteiger partial charge < -0.3 is 9.73 Å². The van der Waals surface area contributed by atoms with Crippen molar-refractivity contribution in [2.75, 3.05) is 19.6 Å². The van der Waals surface area contributed by atoms with E-state index in [0.717, 1.165) is 18.7 Å². The summed E-state index contributed by atoms with van der Waals surface area (Å²) in [6, 6.07) is 2.29. The van der Waals surface area contributed by atoms with Crippen molar-refractivity contribution in [1.82, 2.24) is 10.2 Å². The number of likely N-dealkylation sites (tertiary alicyclic amines) is 1. The van der Waals surface area contributed by atoms with E-state index in [-0.39, 0.29) is 5.91 Å². The van der Waals surface area contributed by atoms with Gasteiger partial charge in [-0.2, -0.15) is 0 Å². The Hall–Kier alpha value is -0.810. The molecule has 1 unspecified atom stereocenters. The fourth-order valence-electron chi connectivity index (χ4n) is 2.91. The molecule has 0 radical (unpaired) electrons. The quantitative estimate of drug-likeness (QED) is 0.844. The number of nitrogens with zero attached hydrogens (tertiary/aromatic N) is 1. The summed E-state index contributed by atoms with van der Waals surface area (Å²) in [5, 5.41) is 3.03. The molecule has 1 fully saturated rings. The minimum Gasteiger partial charge on any atom is -0.444 e. The second-order valence-corrected chi connectivity index (χ2v) is 6.59. The normalized spacial score (nSPS) is 19.7. The molecule has 0 aromatic carbocycles. The highest BCUT2D eigenvalue weighted by molar-refractivity contribution is 9.10. The van der Waals surface area contributed by atoms with Gasteiger partial charge in [-0.05, 0) is 61.3 Å². The topological polar surface area (TPSA) is 45.5 Å². The van der Waals surface area contributed by atoms with E-state index in [1.807, 2.05) is 13.0 Å². The second-order valence-electron chi connectivity index (χ2n) is 5.81. The first-order valence-electron chi connectivity index (χ1n) is 7.90. The Morgan fingerprint density at radius 3 is 3.00 bits per heavy atom. The van der Waals surface area contributed by atoms with Crippen LogP contribution >= 0.6 is 15.9 Å². The standard InChI is InChI=1S/C16H25BrN2O2/c1-3-4-8-19-9-6-5-7-13(19)11-18-16(20)15-12(2)10-14(17)21-15/h10,13H,3-9,11H2,1-2H3,(H,18,20). The van der Waals surface area contributed by atoms with Crippen molar-refractivity contribution in [2.24, 2.45) is 0 Å². The monoisotopic (exact) mass is 356 g/mol. The van der Waals surface area contributed by atoms with Crippen LogP contribution in [0.25, 0.3) is 0 Å². The molecule has 1 aliphatic rings. The Kier molecular flexibility index (Phi) is 6.30. The van der Waals surface area contributed by atoms with Gasteiger partial charge in [0, 0.05) is 18.2 Å². The number of hydrogen-bond donors (Lipinski definition) is 1. The molecule has 1 atom stereocenters. The highest BCUT2D eigenvalue weighted by atomic mass is 79.9. The van der Waals surface area contributed by atoms with Gasteiger partial charge in [-0.1, -0.05) is 19.8 Å². The van der Waals surface area contributed by atoms with E-state index in [0.29, 0.717) is 23.0 Å². The van der Waals surface area contributed by atoms with Crippen LogP contribution in [0.4, 0.5) is 0 Å². The van der Waals surface area contributed by atoms with Crippen LogP contribution in [0.5, 0.6) is 0 Å². The van der Waals surface area contributed by atoms with Gasteiger partial charge >= 0.3 is 0 Å². The molecule has 1 aromatic heterocycles. The van der Waals surface area contributed by atoms with Crippen LogP contribution < -0.4 is 5.32 Å². The summed E-state index contributed by atoms with van der Waals surface area (Å²) in [5.41, 5.74) is 0.867. The summed E-state index contributed by atoms with van der Waals surface area (Å²) in [7, 11) is 0. The van der Waals surface area contributed by atoms with E-state index in [2.05, 4.69) is 33.1 Å². The lowest BCUT2D eigenvalue weighted by Gasteiger charge is -2.35. The SMILES string of the molecule is CCCCN1CCCCC1CNC(=O)c1oc(Br)cc1C. The Morgan fingerprint density at radius 2 is 2.33 bits per heavy atom. The number of unbranched alkanes of at least 4 members (excludes halogenated alkanes) is 1. The second kappa shape index (κ2) is 7.99. The zero-order chi connectivity index (χ0) is 15.2. The molecule has 0 bridgehead atoms. The van der Waals surface area contributed by atoms with Crippen molar-refractivity contribution >= 4 is 21.8 Å². The van der Waals surface area contributed by atoms with E-state index >= 15 is 0 Å². The lowest BCUT2D eigenvalue weighted by molar-refractivity contribution is 0.0884. The Balaban J connectivity index is 1.88. The molecule has 118 valence electrons. The zero-order valence-electron chi connectivity index (χ0n) is 13.0. The van der Waals surface area contributed by atoms with Gasteiger partial charge in [0.15, 0.2) is 10.4 Å². The molecule has 1 amide bonds. The van der Waals surface area contributed by atoms with Crippen LogP contribution in [0, 0.1) is 6.92 Å². The number of nitrogens with one attached hydrogen (secondary N) is 1. The Morgan fingerprint density at radius 1 is 1.52 bits per heavy atom. The summed E-state index contributed by atoms with van der Waals surface area (Å²) in [6.07, 6.45) is 6.15. The predicted molar refractivity (Wildman–Crippen MR) is 87.6 cm³/mol.